The van der Waals surface area contributed by atoms with Crippen LogP contribution in [0.15, 0.2) is 47.4 Å². The number of methoxy groups -OCH3 is 1. The van der Waals surface area contributed by atoms with E-state index in [0.29, 0.717) is 18.2 Å². The first-order chi connectivity index (χ1) is 15.2. The van der Waals surface area contributed by atoms with Crippen LogP contribution in [-0.2, 0) is 10.2 Å². The van der Waals surface area contributed by atoms with Crippen LogP contribution in [-0.4, -0.2) is 25.1 Å². The molecule has 0 bridgehead atoms. The highest BCUT2D eigenvalue weighted by Gasteiger charge is 2.18. The summed E-state index contributed by atoms with van der Waals surface area (Å²) >= 11 is 0. The van der Waals surface area contributed by atoms with E-state index in [1.54, 1.807) is 19.4 Å². The number of rotatable bonds is 9. The summed E-state index contributed by atoms with van der Waals surface area (Å²) in [6.45, 7) is 11.3. The predicted molar refractivity (Wildman–Crippen MR) is 128 cm³/mol. The van der Waals surface area contributed by atoms with E-state index >= 15 is 0 Å². The number of benzene rings is 1. The Morgan fingerprint density at radius 1 is 1.31 bits per heavy atom. The molecule has 0 aliphatic heterocycles. The van der Waals surface area contributed by atoms with Crippen molar-refractivity contribution in [3.8, 4) is 11.6 Å². The first-order valence-corrected chi connectivity index (χ1v) is 10.5. The number of anilines is 1. The van der Waals surface area contributed by atoms with E-state index in [9.17, 15) is 0 Å². The maximum Gasteiger partial charge on any atom is 0.239 e. The van der Waals surface area contributed by atoms with Gasteiger partial charge in [-0.2, -0.15) is 5.53 Å². The molecule has 0 saturated carbocycles. The van der Waals surface area contributed by atoms with Crippen LogP contribution in [0.5, 0.6) is 11.6 Å². The lowest BCUT2D eigenvalue weighted by atomic mass is 9.86. The van der Waals surface area contributed by atoms with Gasteiger partial charge in [0.05, 0.1) is 13.7 Å². The van der Waals surface area contributed by atoms with Gasteiger partial charge in [0.2, 0.25) is 12.3 Å². The first kappa shape index (κ1) is 26.6. The lowest BCUT2D eigenvalue weighted by molar-refractivity contribution is -0.106. The molecule has 1 heterocycles. The van der Waals surface area contributed by atoms with Gasteiger partial charge in [0.15, 0.2) is 0 Å². The summed E-state index contributed by atoms with van der Waals surface area (Å²) in [7, 11) is 1.56. The molecule has 0 unspecified atom stereocenters. The number of ether oxygens (including phenoxy) is 2. The topological polar surface area (TPSA) is 114 Å². The van der Waals surface area contributed by atoms with Gasteiger partial charge in [0.25, 0.3) is 0 Å². The number of primary amides is 1. The van der Waals surface area contributed by atoms with Gasteiger partial charge in [-0.05, 0) is 54.7 Å². The third kappa shape index (κ3) is 7.68. The standard InChI is InChI=1S/C23H32N4O2.CH3NO/c1-7-8-14-29-21-12-11-19(23(3,4)5)16-18(21)15-17(2)27(26-24)20-10-9-13-25-22(20)28-6;2-1-3/h9-13,15-16,24H,7-8,14H2,1-6H3;1H,(H2,2,3)/b17-15+,26-24?;. The summed E-state index contributed by atoms with van der Waals surface area (Å²) in [6, 6.07) is 9.91. The van der Waals surface area contributed by atoms with E-state index in [-0.39, 0.29) is 11.8 Å². The SMILES string of the molecule is CCCCOc1ccc(C(C)(C)C)cc1/C=C(\C)N(N=N)c1cccnc1OC.NC=O. The van der Waals surface area contributed by atoms with Gasteiger partial charge in [-0.25, -0.2) is 9.99 Å². The van der Waals surface area contributed by atoms with Gasteiger partial charge in [0, 0.05) is 17.5 Å². The molecule has 0 saturated heterocycles. The quantitative estimate of drug-likeness (QED) is 0.231. The normalized spacial score (nSPS) is 11.1. The van der Waals surface area contributed by atoms with Gasteiger partial charge in [0.1, 0.15) is 11.4 Å². The van der Waals surface area contributed by atoms with E-state index < -0.39 is 0 Å². The number of aromatic nitrogens is 1. The third-order valence-corrected chi connectivity index (χ3v) is 4.60. The molecular formula is C24H35N5O3. The highest BCUT2D eigenvalue weighted by atomic mass is 16.5. The molecule has 32 heavy (non-hydrogen) atoms. The minimum absolute atomic E-state index is 0.0184. The highest BCUT2D eigenvalue weighted by molar-refractivity contribution is 5.67. The molecule has 1 aromatic heterocycles. The Hall–Kier alpha value is -3.42. The van der Waals surface area contributed by atoms with Crippen LogP contribution in [0.2, 0.25) is 0 Å². The summed E-state index contributed by atoms with van der Waals surface area (Å²) in [5.74, 6) is 1.24. The average molecular weight is 442 g/mol. The van der Waals surface area contributed by atoms with Crippen LogP contribution in [0.4, 0.5) is 5.69 Å². The fourth-order valence-electron chi connectivity index (χ4n) is 2.90. The van der Waals surface area contributed by atoms with E-state index in [0.717, 1.165) is 29.9 Å². The molecule has 1 aromatic carbocycles. The average Bonchev–Trinajstić information content (AvgIpc) is 2.75. The van der Waals surface area contributed by atoms with Crippen molar-refractivity contribution in [2.24, 2.45) is 11.0 Å². The van der Waals surface area contributed by atoms with Gasteiger partial charge >= 0.3 is 0 Å². The van der Waals surface area contributed by atoms with Gasteiger partial charge in [-0.3, -0.25) is 4.79 Å². The number of amides is 1. The zero-order chi connectivity index (χ0) is 24.1. The molecule has 0 aliphatic rings. The Morgan fingerprint density at radius 2 is 2.00 bits per heavy atom. The van der Waals surface area contributed by atoms with Crippen LogP contribution in [0.25, 0.3) is 6.08 Å². The largest absolute Gasteiger partial charge is 0.493 e. The summed E-state index contributed by atoms with van der Waals surface area (Å²) < 4.78 is 11.4. The number of allylic oxidation sites excluding steroid dienone is 1. The molecule has 2 rings (SSSR count). The molecule has 0 fully saturated rings. The van der Waals surface area contributed by atoms with Crippen LogP contribution < -0.4 is 20.2 Å². The fourth-order valence-corrected chi connectivity index (χ4v) is 2.90. The van der Waals surface area contributed by atoms with Gasteiger partial charge in [-0.1, -0.05) is 45.4 Å². The number of nitrogens with two attached hydrogens (primary N) is 1. The minimum Gasteiger partial charge on any atom is -0.493 e. The Morgan fingerprint density at radius 3 is 2.56 bits per heavy atom. The van der Waals surface area contributed by atoms with Gasteiger partial charge < -0.3 is 15.2 Å². The Balaban J connectivity index is 0.00000161. The second-order valence-electron chi connectivity index (χ2n) is 8.07. The summed E-state index contributed by atoms with van der Waals surface area (Å²) in [4.78, 5) is 12.8. The van der Waals surface area contributed by atoms with Crippen molar-refractivity contribution >= 4 is 18.2 Å². The number of pyridine rings is 1. The van der Waals surface area contributed by atoms with Crippen molar-refractivity contribution in [1.82, 2.24) is 4.98 Å². The van der Waals surface area contributed by atoms with Crippen molar-refractivity contribution in [2.75, 3.05) is 18.7 Å². The second-order valence-corrected chi connectivity index (χ2v) is 8.07. The van der Waals surface area contributed by atoms with Crippen LogP contribution in [0, 0.1) is 5.53 Å². The number of hydrogen-bond acceptors (Lipinski definition) is 6. The first-order valence-electron chi connectivity index (χ1n) is 10.5. The lowest BCUT2D eigenvalue weighted by Crippen LogP contribution is -2.14. The Kier molecular flexibility index (Phi) is 10.9. The van der Waals surface area contributed by atoms with E-state index in [2.05, 4.69) is 55.8 Å². The van der Waals surface area contributed by atoms with E-state index in [1.807, 2.05) is 25.1 Å². The zero-order valence-electron chi connectivity index (χ0n) is 19.9. The number of unbranched alkanes of at least 4 members (excludes halogenated alkanes) is 1. The molecule has 0 aliphatic carbocycles. The summed E-state index contributed by atoms with van der Waals surface area (Å²) in [5, 5.41) is 5.20. The van der Waals surface area contributed by atoms with Crippen molar-refractivity contribution in [3.05, 3.63) is 53.4 Å². The molecule has 8 nitrogen and oxygen atoms in total. The van der Waals surface area contributed by atoms with Crippen LogP contribution >= 0.6 is 0 Å². The Labute approximate surface area is 190 Å². The molecular weight excluding hydrogens is 406 g/mol. The number of hydrogen-bond donors (Lipinski definition) is 2. The predicted octanol–water partition coefficient (Wildman–Crippen LogP) is 5.48. The van der Waals surface area contributed by atoms with Crippen molar-refractivity contribution < 1.29 is 14.3 Å². The highest BCUT2D eigenvalue weighted by Crippen LogP contribution is 2.33. The molecule has 3 N–H and O–H groups in total. The van der Waals surface area contributed by atoms with Crippen LogP contribution in [0.1, 0.15) is 58.6 Å². The number of nitrogens with zero attached hydrogens (tertiary/aromatic N) is 3. The molecule has 8 heteroatoms. The summed E-state index contributed by atoms with van der Waals surface area (Å²) in [6.07, 6.45) is 5.97. The maximum atomic E-state index is 8.58. The molecule has 2 aromatic rings. The lowest BCUT2D eigenvalue weighted by Gasteiger charge is -2.22. The molecule has 174 valence electrons. The monoisotopic (exact) mass is 441 g/mol. The fraction of sp³-hybridized carbons (Fsp3) is 0.417. The third-order valence-electron chi connectivity index (χ3n) is 4.60. The smallest absolute Gasteiger partial charge is 0.239 e. The van der Waals surface area contributed by atoms with Crippen molar-refractivity contribution in [2.45, 2.75) is 52.9 Å². The van der Waals surface area contributed by atoms with Crippen molar-refractivity contribution in [3.63, 3.8) is 0 Å². The van der Waals surface area contributed by atoms with E-state index in [1.165, 1.54) is 10.6 Å². The summed E-state index contributed by atoms with van der Waals surface area (Å²) in [5.41, 5.74) is 15.4. The van der Waals surface area contributed by atoms with E-state index in [4.69, 9.17) is 19.8 Å². The number of nitrogens with one attached hydrogen (secondary N) is 1. The number of carbonyl (C=O) groups is 1. The molecule has 0 atom stereocenters. The number of carbonyl (C=O) groups excluding carboxylic acids is 1. The van der Waals surface area contributed by atoms with Gasteiger partial charge in [-0.15, -0.1) is 0 Å². The molecule has 1 amide bonds. The zero-order valence-corrected chi connectivity index (χ0v) is 19.9. The maximum absolute atomic E-state index is 8.58. The molecule has 0 radical (unpaired) electrons. The Bertz CT molecular complexity index is 907. The minimum atomic E-state index is 0.0184. The van der Waals surface area contributed by atoms with Crippen molar-refractivity contribution in [1.29, 1.82) is 5.53 Å². The second kappa shape index (κ2) is 13.1. The molecule has 0 spiro atoms. The van der Waals surface area contributed by atoms with Crippen LogP contribution in [0.3, 0.4) is 0 Å².